The van der Waals surface area contributed by atoms with Crippen molar-refractivity contribution in [3.05, 3.63) is 0 Å². The van der Waals surface area contributed by atoms with Gasteiger partial charge in [0.15, 0.2) is 0 Å². The molecule has 0 aromatic heterocycles. The van der Waals surface area contributed by atoms with E-state index in [2.05, 4.69) is 17.4 Å². The summed E-state index contributed by atoms with van der Waals surface area (Å²) in [5.74, 6) is 1.27. The van der Waals surface area contributed by atoms with Crippen LogP contribution in [-0.2, 0) is 0 Å². The Morgan fingerprint density at radius 1 is 1.53 bits per heavy atom. The summed E-state index contributed by atoms with van der Waals surface area (Å²) in [4.78, 5) is 0. The highest BCUT2D eigenvalue weighted by Gasteiger charge is 2.34. The van der Waals surface area contributed by atoms with Gasteiger partial charge < -0.3 is 16.3 Å². The molecule has 0 radical (unpaired) electrons. The molecular formula is C11H23N3O. The van der Waals surface area contributed by atoms with Gasteiger partial charge in [0.05, 0.1) is 0 Å². The van der Waals surface area contributed by atoms with Crippen LogP contribution in [0.25, 0.3) is 0 Å². The van der Waals surface area contributed by atoms with E-state index in [0.29, 0.717) is 12.3 Å². The highest BCUT2D eigenvalue weighted by molar-refractivity contribution is 5.79. The van der Waals surface area contributed by atoms with Gasteiger partial charge in [0.1, 0.15) is 5.84 Å². The van der Waals surface area contributed by atoms with Crippen molar-refractivity contribution in [2.45, 2.75) is 51.5 Å². The van der Waals surface area contributed by atoms with Crippen molar-refractivity contribution >= 4 is 5.84 Å². The number of amidine groups is 1. The molecule has 0 spiro atoms. The van der Waals surface area contributed by atoms with Crippen LogP contribution in [0.5, 0.6) is 0 Å². The monoisotopic (exact) mass is 213 g/mol. The molecule has 1 aliphatic rings. The number of unbranched alkanes of at least 4 members (excludes halogenated alkanes) is 1. The van der Waals surface area contributed by atoms with E-state index in [1.165, 1.54) is 19.3 Å². The average molecular weight is 213 g/mol. The molecule has 0 amide bonds. The summed E-state index contributed by atoms with van der Waals surface area (Å²) in [5.41, 5.74) is 5.37. The molecule has 1 fully saturated rings. The van der Waals surface area contributed by atoms with Gasteiger partial charge in [0.25, 0.3) is 0 Å². The lowest BCUT2D eigenvalue weighted by Gasteiger charge is -2.03. The van der Waals surface area contributed by atoms with E-state index in [1.54, 1.807) is 0 Å². The molecule has 4 N–H and O–H groups in total. The average Bonchev–Trinajstić information content (AvgIpc) is 2.96. The van der Waals surface area contributed by atoms with Crippen LogP contribution in [0.2, 0.25) is 0 Å². The minimum absolute atomic E-state index is 0.338. The van der Waals surface area contributed by atoms with Crippen LogP contribution >= 0.6 is 0 Å². The normalized spacial score (nSPS) is 25.5. The van der Waals surface area contributed by atoms with Crippen LogP contribution in [0.15, 0.2) is 5.16 Å². The van der Waals surface area contributed by atoms with E-state index in [9.17, 15) is 0 Å². The molecule has 2 atom stereocenters. The van der Waals surface area contributed by atoms with Crippen LogP contribution in [0, 0.1) is 5.92 Å². The number of rotatable bonds is 8. The fraction of sp³-hybridized carbons (Fsp3) is 0.909. The number of nitrogens with zero attached hydrogens (tertiary/aromatic N) is 1. The number of nitrogens with one attached hydrogen (secondary N) is 1. The van der Waals surface area contributed by atoms with Crippen molar-refractivity contribution in [2.75, 3.05) is 6.54 Å². The zero-order valence-corrected chi connectivity index (χ0v) is 9.58. The van der Waals surface area contributed by atoms with Crippen molar-refractivity contribution in [1.82, 2.24) is 5.32 Å². The van der Waals surface area contributed by atoms with E-state index >= 15 is 0 Å². The summed E-state index contributed by atoms with van der Waals surface area (Å²) < 4.78 is 0. The molecule has 15 heavy (non-hydrogen) atoms. The molecule has 1 aliphatic carbocycles. The topological polar surface area (TPSA) is 70.6 Å². The molecule has 4 nitrogen and oxygen atoms in total. The van der Waals surface area contributed by atoms with Gasteiger partial charge >= 0.3 is 0 Å². The van der Waals surface area contributed by atoms with E-state index in [1.807, 2.05) is 0 Å². The molecule has 0 aromatic carbocycles. The van der Waals surface area contributed by atoms with Gasteiger partial charge in [-0.3, -0.25) is 0 Å². The zero-order valence-electron chi connectivity index (χ0n) is 9.58. The Morgan fingerprint density at radius 3 is 3.00 bits per heavy atom. The predicted molar refractivity (Wildman–Crippen MR) is 62.1 cm³/mol. The van der Waals surface area contributed by atoms with E-state index in [0.717, 1.165) is 31.3 Å². The Hall–Kier alpha value is -0.770. The molecule has 0 aromatic rings. The number of oxime groups is 1. The van der Waals surface area contributed by atoms with Gasteiger partial charge in [0.2, 0.25) is 0 Å². The molecule has 1 saturated carbocycles. The molecule has 88 valence electrons. The summed E-state index contributed by atoms with van der Waals surface area (Å²) in [7, 11) is 0. The Labute approximate surface area is 91.9 Å². The second-order valence-electron chi connectivity index (χ2n) is 4.39. The van der Waals surface area contributed by atoms with Gasteiger partial charge in [-0.15, -0.1) is 0 Å². The third kappa shape index (κ3) is 5.02. The second kappa shape index (κ2) is 6.67. The third-order valence-corrected chi connectivity index (χ3v) is 2.98. The first-order valence-corrected chi connectivity index (χ1v) is 5.97. The van der Waals surface area contributed by atoms with E-state index < -0.39 is 0 Å². The number of hydrogen-bond acceptors (Lipinski definition) is 3. The van der Waals surface area contributed by atoms with Crippen molar-refractivity contribution in [3.8, 4) is 0 Å². The Kier molecular flexibility index (Phi) is 5.47. The summed E-state index contributed by atoms with van der Waals surface area (Å²) in [6.07, 6.45) is 6.81. The van der Waals surface area contributed by atoms with Crippen LogP contribution in [0.4, 0.5) is 0 Å². The van der Waals surface area contributed by atoms with Crippen molar-refractivity contribution in [2.24, 2.45) is 16.8 Å². The third-order valence-electron chi connectivity index (χ3n) is 2.98. The van der Waals surface area contributed by atoms with E-state index in [-0.39, 0.29) is 0 Å². The molecule has 0 heterocycles. The molecule has 0 aliphatic heterocycles. The van der Waals surface area contributed by atoms with Crippen LogP contribution < -0.4 is 11.1 Å². The van der Waals surface area contributed by atoms with Crippen LogP contribution in [0.1, 0.15) is 45.4 Å². The Balaban J connectivity index is 1.86. The van der Waals surface area contributed by atoms with Gasteiger partial charge in [0, 0.05) is 12.5 Å². The summed E-state index contributed by atoms with van der Waals surface area (Å²) >= 11 is 0. The minimum atomic E-state index is 0.338. The largest absolute Gasteiger partial charge is 0.409 e. The lowest BCUT2D eigenvalue weighted by Crippen LogP contribution is -2.20. The molecule has 1 rings (SSSR count). The van der Waals surface area contributed by atoms with Crippen molar-refractivity contribution in [1.29, 1.82) is 0 Å². The second-order valence-corrected chi connectivity index (χ2v) is 4.39. The first-order chi connectivity index (χ1) is 7.27. The SMILES string of the molecule is CCCC1CC1NCCCCC(N)=NO. The summed E-state index contributed by atoms with van der Waals surface area (Å²) in [5, 5.41) is 14.8. The molecule has 4 heteroatoms. The molecular weight excluding hydrogens is 190 g/mol. The summed E-state index contributed by atoms with van der Waals surface area (Å²) in [6.45, 7) is 3.30. The maximum Gasteiger partial charge on any atom is 0.139 e. The first-order valence-electron chi connectivity index (χ1n) is 5.97. The minimum Gasteiger partial charge on any atom is -0.409 e. The highest BCUT2D eigenvalue weighted by Crippen LogP contribution is 2.34. The molecule has 0 saturated heterocycles. The predicted octanol–water partition coefficient (Wildman–Crippen LogP) is 1.68. The lowest BCUT2D eigenvalue weighted by atomic mass is 10.2. The van der Waals surface area contributed by atoms with Crippen LogP contribution in [-0.4, -0.2) is 23.6 Å². The van der Waals surface area contributed by atoms with Crippen molar-refractivity contribution in [3.63, 3.8) is 0 Å². The number of nitrogens with two attached hydrogens (primary N) is 1. The maximum atomic E-state index is 8.33. The first kappa shape index (κ1) is 12.3. The van der Waals surface area contributed by atoms with Crippen LogP contribution in [0.3, 0.4) is 0 Å². The van der Waals surface area contributed by atoms with Crippen molar-refractivity contribution < 1.29 is 5.21 Å². The van der Waals surface area contributed by atoms with E-state index in [4.69, 9.17) is 10.9 Å². The highest BCUT2D eigenvalue weighted by atomic mass is 16.4. The molecule has 2 unspecified atom stereocenters. The standard InChI is InChI=1S/C11H23N3O/c1-2-5-9-8-10(9)13-7-4-3-6-11(12)14-15/h9-10,13,15H,2-8H2,1H3,(H2,12,14). The maximum absolute atomic E-state index is 8.33. The Morgan fingerprint density at radius 2 is 2.33 bits per heavy atom. The molecule has 0 bridgehead atoms. The number of hydrogen-bond donors (Lipinski definition) is 3. The lowest BCUT2D eigenvalue weighted by molar-refractivity contribution is 0.316. The fourth-order valence-corrected chi connectivity index (χ4v) is 1.96. The quantitative estimate of drug-likeness (QED) is 0.189. The van der Waals surface area contributed by atoms with Gasteiger partial charge in [-0.2, -0.15) is 0 Å². The van der Waals surface area contributed by atoms with Gasteiger partial charge in [-0.1, -0.05) is 18.5 Å². The summed E-state index contributed by atoms with van der Waals surface area (Å²) in [6, 6.07) is 0.772. The Bertz CT molecular complexity index is 206. The van der Waals surface area contributed by atoms with Gasteiger partial charge in [-0.25, -0.2) is 0 Å². The smallest absolute Gasteiger partial charge is 0.139 e. The van der Waals surface area contributed by atoms with Gasteiger partial charge in [-0.05, 0) is 38.1 Å². The zero-order chi connectivity index (χ0) is 11.1. The fourth-order valence-electron chi connectivity index (χ4n) is 1.96.